The molecule has 1 amide bonds. The summed E-state index contributed by atoms with van der Waals surface area (Å²) in [7, 11) is -3.46. The number of rotatable bonds is 6. The summed E-state index contributed by atoms with van der Waals surface area (Å²) in [6.45, 7) is 7.52. The summed E-state index contributed by atoms with van der Waals surface area (Å²) < 4.78 is 29.2. The summed E-state index contributed by atoms with van der Waals surface area (Å²) in [6, 6.07) is 0. The Bertz CT molecular complexity index is 728. The lowest BCUT2D eigenvalue weighted by atomic mass is 10.3. The van der Waals surface area contributed by atoms with Gasteiger partial charge in [-0.2, -0.15) is 17.0 Å². The minimum atomic E-state index is -3.46. The van der Waals surface area contributed by atoms with Gasteiger partial charge in [0.1, 0.15) is 6.54 Å². The standard InChI is InChI=1S/C14H24N4O4S2/c1-4-16(5-2)24(21,22)17-8-6-15(7-9-17)13(19)10-18-12(3)11-23-14(18)20/h11H,4-10H2,1-3H3. The number of nitrogens with zero attached hydrogens (tertiary/aromatic N) is 4. The first kappa shape index (κ1) is 19.1. The number of hydrogen-bond donors (Lipinski definition) is 0. The molecule has 0 N–H and O–H groups in total. The lowest BCUT2D eigenvalue weighted by Crippen LogP contribution is -2.54. The Labute approximate surface area is 146 Å². The van der Waals surface area contributed by atoms with E-state index in [2.05, 4.69) is 0 Å². The quantitative estimate of drug-likeness (QED) is 0.697. The van der Waals surface area contributed by atoms with Crippen LogP contribution in [0.15, 0.2) is 10.2 Å². The molecular formula is C14H24N4O4S2. The highest BCUT2D eigenvalue weighted by Crippen LogP contribution is 2.12. The molecule has 0 atom stereocenters. The van der Waals surface area contributed by atoms with Gasteiger partial charge in [-0.25, -0.2) is 0 Å². The van der Waals surface area contributed by atoms with Gasteiger partial charge in [0.25, 0.3) is 10.2 Å². The minimum Gasteiger partial charge on any atom is -0.338 e. The SMILES string of the molecule is CCN(CC)S(=O)(=O)N1CCN(C(=O)Cn2c(C)csc2=O)CC1. The summed E-state index contributed by atoms with van der Waals surface area (Å²) >= 11 is 1.08. The second kappa shape index (κ2) is 7.77. The van der Waals surface area contributed by atoms with Gasteiger partial charge < -0.3 is 4.90 Å². The van der Waals surface area contributed by atoms with Gasteiger partial charge in [-0.05, 0) is 6.92 Å². The molecule has 0 aliphatic carbocycles. The van der Waals surface area contributed by atoms with E-state index in [9.17, 15) is 18.0 Å². The molecule has 8 nitrogen and oxygen atoms in total. The zero-order chi connectivity index (χ0) is 17.9. The van der Waals surface area contributed by atoms with Gasteiger partial charge in [-0.3, -0.25) is 14.2 Å². The van der Waals surface area contributed by atoms with E-state index in [1.54, 1.807) is 17.2 Å². The topological polar surface area (TPSA) is 82.9 Å². The lowest BCUT2D eigenvalue weighted by molar-refractivity contribution is -0.133. The van der Waals surface area contributed by atoms with Gasteiger partial charge in [0.15, 0.2) is 0 Å². The van der Waals surface area contributed by atoms with Crippen LogP contribution in [0.2, 0.25) is 0 Å². The maximum atomic E-state index is 12.5. The second-order valence-corrected chi connectivity index (χ2v) is 8.35. The van der Waals surface area contributed by atoms with Crippen LogP contribution >= 0.6 is 11.3 Å². The predicted molar refractivity (Wildman–Crippen MR) is 93.3 cm³/mol. The van der Waals surface area contributed by atoms with Crippen molar-refractivity contribution in [2.75, 3.05) is 39.3 Å². The molecule has 1 aliphatic heterocycles. The molecule has 0 unspecified atom stereocenters. The number of hydrogen-bond acceptors (Lipinski definition) is 5. The zero-order valence-electron chi connectivity index (χ0n) is 14.3. The molecule has 136 valence electrons. The van der Waals surface area contributed by atoms with Gasteiger partial charge in [0.05, 0.1) is 0 Å². The van der Waals surface area contributed by atoms with Gasteiger partial charge in [0.2, 0.25) is 5.91 Å². The Balaban J connectivity index is 1.97. The molecule has 10 heteroatoms. The van der Waals surface area contributed by atoms with E-state index in [-0.39, 0.29) is 30.4 Å². The third kappa shape index (κ3) is 3.88. The Kier molecular flexibility index (Phi) is 6.18. The van der Waals surface area contributed by atoms with E-state index in [0.717, 1.165) is 17.0 Å². The Morgan fingerprint density at radius 3 is 2.25 bits per heavy atom. The van der Waals surface area contributed by atoms with Crippen LogP contribution in [0.4, 0.5) is 0 Å². The van der Waals surface area contributed by atoms with E-state index in [1.165, 1.54) is 13.2 Å². The van der Waals surface area contributed by atoms with Crippen LogP contribution in [0.25, 0.3) is 0 Å². The fourth-order valence-electron chi connectivity index (χ4n) is 2.71. The summed E-state index contributed by atoms with van der Waals surface area (Å²) in [5.74, 6) is -0.154. The highest BCUT2D eigenvalue weighted by atomic mass is 32.2. The molecule has 0 aromatic carbocycles. The van der Waals surface area contributed by atoms with Crippen LogP contribution in [0.3, 0.4) is 0 Å². The fourth-order valence-corrected chi connectivity index (χ4v) is 5.05. The van der Waals surface area contributed by atoms with Crippen LogP contribution in [0.5, 0.6) is 0 Å². The molecule has 1 aliphatic rings. The monoisotopic (exact) mass is 376 g/mol. The van der Waals surface area contributed by atoms with Gasteiger partial charge in [-0.15, -0.1) is 0 Å². The van der Waals surface area contributed by atoms with Gasteiger partial charge in [-0.1, -0.05) is 25.2 Å². The Hall–Kier alpha value is -1.23. The minimum absolute atomic E-state index is 0.0109. The van der Waals surface area contributed by atoms with E-state index in [1.807, 2.05) is 13.8 Å². The average molecular weight is 377 g/mol. The van der Waals surface area contributed by atoms with Crippen molar-refractivity contribution in [3.8, 4) is 0 Å². The van der Waals surface area contributed by atoms with Crippen LogP contribution in [0.1, 0.15) is 19.5 Å². The maximum absolute atomic E-state index is 12.5. The number of aryl methyl sites for hydroxylation is 1. The van der Waals surface area contributed by atoms with Crippen molar-refractivity contribution in [1.29, 1.82) is 0 Å². The van der Waals surface area contributed by atoms with Gasteiger partial charge in [0, 0.05) is 50.3 Å². The third-order valence-corrected chi connectivity index (χ3v) is 7.29. The molecule has 1 aromatic rings. The predicted octanol–water partition coefficient (Wildman–Crippen LogP) is -0.0510. The summed E-state index contributed by atoms with van der Waals surface area (Å²) in [5, 5.41) is 1.73. The van der Waals surface area contributed by atoms with E-state index >= 15 is 0 Å². The smallest absolute Gasteiger partial charge is 0.307 e. The zero-order valence-corrected chi connectivity index (χ0v) is 15.9. The fraction of sp³-hybridized carbons (Fsp3) is 0.714. The van der Waals surface area contributed by atoms with Crippen molar-refractivity contribution in [1.82, 2.24) is 18.1 Å². The molecule has 0 spiro atoms. The highest BCUT2D eigenvalue weighted by molar-refractivity contribution is 7.86. The summed E-state index contributed by atoms with van der Waals surface area (Å²) in [5.41, 5.74) is 0.765. The van der Waals surface area contributed by atoms with Crippen molar-refractivity contribution >= 4 is 27.5 Å². The van der Waals surface area contributed by atoms with Crippen LogP contribution < -0.4 is 4.87 Å². The first-order chi connectivity index (χ1) is 11.3. The van der Waals surface area contributed by atoms with E-state index in [0.29, 0.717) is 26.2 Å². The largest absolute Gasteiger partial charge is 0.338 e. The number of aromatic nitrogens is 1. The third-order valence-electron chi connectivity index (χ3n) is 4.22. The number of carbonyl (C=O) groups is 1. The molecule has 2 rings (SSSR count). The molecular weight excluding hydrogens is 352 g/mol. The molecule has 1 saturated heterocycles. The Morgan fingerprint density at radius 1 is 1.21 bits per heavy atom. The van der Waals surface area contributed by atoms with Gasteiger partial charge >= 0.3 is 4.87 Å². The summed E-state index contributed by atoms with van der Waals surface area (Å²) in [6.07, 6.45) is 0. The van der Waals surface area contributed by atoms with Crippen molar-refractivity contribution in [3.63, 3.8) is 0 Å². The van der Waals surface area contributed by atoms with Crippen molar-refractivity contribution in [3.05, 3.63) is 20.7 Å². The highest BCUT2D eigenvalue weighted by Gasteiger charge is 2.32. The van der Waals surface area contributed by atoms with Crippen LogP contribution in [-0.2, 0) is 21.5 Å². The number of piperazine rings is 1. The Morgan fingerprint density at radius 2 is 1.79 bits per heavy atom. The van der Waals surface area contributed by atoms with Crippen LogP contribution in [-0.4, -0.2) is 71.7 Å². The van der Waals surface area contributed by atoms with Crippen molar-refractivity contribution < 1.29 is 13.2 Å². The number of amides is 1. The molecule has 1 fully saturated rings. The second-order valence-electron chi connectivity index (χ2n) is 5.60. The normalized spacial score (nSPS) is 16.8. The first-order valence-electron chi connectivity index (χ1n) is 7.99. The van der Waals surface area contributed by atoms with Crippen molar-refractivity contribution in [2.24, 2.45) is 0 Å². The molecule has 24 heavy (non-hydrogen) atoms. The molecule has 2 heterocycles. The maximum Gasteiger partial charge on any atom is 0.307 e. The van der Waals surface area contributed by atoms with E-state index in [4.69, 9.17) is 0 Å². The first-order valence-corrected chi connectivity index (χ1v) is 10.3. The molecule has 0 bridgehead atoms. The number of carbonyl (C=O) groups excluding carboxylic acids is 1. The van der Waals surface area contributed by atoms with E-state index < -0.39 is 10.2 Å². The molecule has 1 aromatic heterocycles. The lowest BCUT2D eigenvalue weighted by Gasteiger charge is -2.36. The average Bonchev–Trinajstić information content (AvgIpc) is 2.87. The number of thiazole rings is 1. The van der Waals surface area contributed by atoms with Crippen LogP contribution in [0, 0.1) is 6.92 Å². The molecule has 0 saturated carbocycles. The van der Waals surface area contributed by atoms with Crippen molar-refractivity contribution in [2.45, 2.75) is 27.3 Å². The molecule has 0 radical (unpaired) electrons. The summed E-state index contributed by atoms with van der Waals surface area (Å²) in [4.78, 5) is 25.5.